The van der Waals surface area contributed by atoms with Gasteiger partial charge in [0.05, 0.1) is 0 Å². The van der Waals surface area contributed by atoms with Gasteiger partial charge in [0.2, 0.25) is 15.9 Å². The molecule has 4 rings (SSSR count). The van der Waals surface area contributed by atoms with Crippen molar-refractivity contribution < 1.29 is 26.3 Å². The molecule has 0 radical (unpaired) electrons. The molecule has 31 heavy (non-hydrogen) atoms. The predicted octanol–water partition coefficient (Wildman–Crippen LogP) is 2.57. The Balaban J connectivity index is 1.44. The van der Waals surface area contributed by atoms with Crippen molar-refractivity contribution in [2.75, 3.05) is 13.2 Å². The third-order valence-electron chi connectivity index (χ3n) is 4.17. The summed E-state index contributed by atoms with van der Waals surface area (Å²) in [5, 5.41) is 12.2. The van der Waals surface area contributed by atoms with Gasteiger partial charge in [-0.25, -0.2) is 26.3 Å². The van der Waals surface area contributed by atoms with Crippen LogP contribution in [-0.2, 0) is 10.0 Å². The van der Waals surface area contributed by atoms with E-state index in [9.17, 15) is 21.6 Å². The van der Waals surface area contributed by atoms with Crippen molar-refractivity contribution in [3.8, 4) is 17.3 Å². The summed E-state index contributed by atoms with van der Waals surface area (Å²) in [7, 11) is -4.26. The second kappa shape index (κ2) is 8.32. The SMILES string of the molecule is O=S(=O)(NCCOc1ccc2nnc(-c3ccc(F)cc3)n2n1)c1cc(F)ccc1F. The summed E-state index contributed by atoms with van der Waals surface area (Å²) in [6.07, 6.45) is 0. The van der Waals surface area contributed by atoms with Gasteiger partial charge in [-0.15, -0.1) is 15.3 Å². The first-order valence-corrected chi connectivity index (χ1v) is 10.4. The first-order valence-electron chi connectivity index (χ1n) is 8.89. The van der Waals surface area contributed by atoms with Crippen molar-refractivity contribution in [2.45, 2.75) is 4.90 Å². The fourth-order valence-corrected chi connectivity index (χ4v) is 3.82. The highest BCUT2D eigenvalue weighted by Crippen LogP contribution is 2.19. The Bertz CT molecular complexity index is 1340. The van der Waals surface area contributed by atoms with Crippen LogP contribution in [0, 0.1) is 17.5 Å². The zero-order chi connectivity index (χ0) is 22.0. The average molecular weight is 449 g/mol. The minimum Gasteiger partial charge on any atom is -0.475 e. The molecule has 0 aliphatic rings. The molecule has 0 amide bonds. The lowest BCUT2D eigenvalue weighted by molar-refractivity contribution is 0.306. The number of nitrogens with one attached hydrogen (secondary N) is 1. The molecule has 1 N–H and O–H groups in total. The number of rotatable bonds is 7. The number of halogens is 3. The van der Waals surface area contributed by atoms with Gasteiger partial charge in [0.1, 0.15) is 29.0 Å². The maximum atomic E-state index is 13.7. The Kier molecular flexibility index (Phi) is 5.57. The van der Waals surface area contributed by atoms with E-state index in [1.165, 1.54) is 34.8 Å². The lowest BCUT2D eigenvalue weighted by Crippen LogP contribution is -2.29. The fourth-order valence-electron chi connectivity index (χ4n) is 2.72. The minimum atomic E-state index is -4.26. The monoisotopic (exact) mass is 449 g/mol. The smallest absolute Gasteiger partial charge is 0.243 e. The molecule has 0 bridgehead atoms. The maximum Gasteiger partial charge on any atom is 0.243 e. The van der Waals surface area contributed by atoms with E-state index >= 15 is 0 Å². The Hall–Kier alpha value is -3.51. The number of nitrogens with zero attached hydrogens (tertiary/aromatic N) is 4. The van der Waals surface area contributed by atoms with E-state index in [0.29, 0.717) is 23.1 Å². The highest BCUT2D eigenvalue weighted by atomic mass is 32.2. The van der Waals surface area contributed by atoms with E-state index in [2.05, 4.69) is 20.0 Å². The summed E-state index contributed by atoms with van der Waals surface area (Å²) in [5.41, 5.74) is 1.01. The number of sulfonamides is 1. The molecule has 160 valence electrons. The lowest BCUT2D eigenvalue weighted by Gasteiger charge is -2.09. The van der Waals surface area contributed by atoms with Gasteiger partial charge >= 0.3 is 0 Å². The quantitative estimate of drug-likeness (QED) is 0.436. The third-order valence-corrected chi connectivity index (χ3v) is 5.64. The van der Waals surface area contributed by atoms with E-state index < -0.39 is 32.4 Å². The van der Waals surface area contributed by atoms with E-state index in [1.54, 1.807) is 6.07 Å². The molecular formula is C19H14F3N5O3S. The van der Waals surface area contributed by atoms with Gasteiger partial charge in [-0.3, -0.25) is 0 Å². The molecule has 2 heterocycles. The van der Waals surface area contributed by atoms with E-state index in [1.807, 2.05) is 0 Å². The van der Waals surface area contributed by atoms with Crippen LogP contribution in [0.5, 0.6) is 5.88 Å². The first-order chi connectivity index (χ1) is 14.8. The van der Waals surface area contributed by atoms with Crippen molar-refractivity contribution >= 4 is 15.7 Å². The van der Waals surface area contributed by atoms with Crippen LogP contribution >= 0.6 is 0 Å². The van der Waals surface area contributed by atoms with Crippen molar-refractivity contribution in [1.82, 2.24) is 24.5 Å². The Morgan fingerprint density at radius 1 is 0.935 bits per heavy atom. The Morgan fingerprint density at radius 2 is 1.68 bits per heavy atom. The number of benzene rings is 2. The summed E-state index contributed by atoms with van der Waals surface area (Å²) >= 11 is 0. The van der Waals surface area contributed by atoms with Crippen LogP contribution in [-0.4, -0.2) is 41.4 Å². The van der Waals surface area contributed by atoms with Crippen molar-refractivity contribution in [3.63, 3.8) is 0 Å². The van der Waals surface area contributed by atoms with E-state index in [-0.39, 0.29) is 19.0 Å². The lowest BCUT2D eigenvalue weighted by atomic mass is 10.2. The maximum absolute atomic E-state index is 13.7. The van der Waals surface area contributed by atoms with Crippen molar-refractivity contribution in [3.05, 3.63) is 72.0 Å². The van der Waals surface area contributed by atoms with Gasteiger partial charge in [-0.05, 0) is 48.5 Å². The molecule has 2 aromatic carbocycles. The average Bonchev–Trinajstić information content (AvgIpc) is 3.17. The summed E-state index contributed by atoms with van der Waals surface area (Å²) < 4.78 is 73.3. The number of aromatic nitrogens is 4. The van der Waals surface area contributed by atoms with Gasteiger partial charge < -0.3 is 4.74 Å². The minimum absolute atomic E-state index is 0.136. The number of ether oxygens (including phenoxy) is 1. The topological polar surface area (TPSA) is 98.5 Å². The van der Waals surface area contributed by atoms with Crippen molar-refractivity contribution in [1.29, 1.82) is 0 Å². The van der Waals surface area contributed by atoms with Gasteiger partial charge in [-0.1, -0.05) is 0 Å². The number of hydrogen-bond acceptors (Lipinski definition) is 6. The second-order valence-electron chi connectivity index (χ2n) is 6.29. The molecule has 0 aliphatic carbocycles. The van der Waals surface area contributed by atoms with Crippen LogP contribution in [0.2, 0.25) is 0 Å². The summed E-state index contributed by atoms with van der Waals surface area (Å²) in [6.45, 7) is -0.353. The molecule has 2 aromatic heterocycles. The fraction of sp³-hybridized carbons (Fsp3) is 0.105. The molecule has 12 heteroatoms. The number of hydrogen-bond donors (Lipinski definition) is 1. The summed E-state index contributed by atoms with van der Waals surface area (Å²) in [6, 6.07) is 10.9. The zero-order valence-corrected chi connectivity index (χ0v) is 16.5. The van der Waals surface area contributed by atoms with Crippen LogP contribution in [0.4, 0.5) is 13.2 Å². The van der Waals surface area contributed by atoms with Crippen LogP contribution < -0.4 is 9.46 Å². The van der Waals surface area contributed by atoms with Crippen LogP contribution in [0.15, 0.2) is 59.5 Å². The molecule has 8 nitrogen and oxygen atoms in total. The Morgan fingerprint density at radius 3 is 2.45 bits per heavy atom. The van der Waals surface area contributed by atoms with E-state index in [4.69, 9.17) is 4.74 Å². The molecule has 0 aliphatic heterocycles. The Labute approximate surface area is 174 Å². The first kappa shape index (κ1) is 20.8. The summed E-state index contributed by atoms with van der Waals surface area (Å²) in [5.74, 6) is -1.83. The molecule has 0 saturated heterocycles. The number of fused-ring (bicyclic) bond motifs is 1. The standard InChI is InChI=1S/C19H14F3N5O3S/c20-13-3-1-12(2-4-13)19-25-24-17-7-8-18(26-27(17)19)30-10-9-23-31(28,29)16-11-14(21)5-6-15(16)22/h1-8,11,23H,9-10H2. The van der Waals surface area contributed by atoms with Crippen LogP contribution in [0.1, 0.15) is 0 Å². The molecular weight excluding hydrogens is 435 g/mol. The van der Waals surface area contributed by atoms with Crippen molar-refractivity contribution in [2.24, 2.45) is 0 Å². The highest BCUT2D eigenvalue weighted by molar-refractivity contribution is 7.89. The summed E-state index contributed by atoms with van der Waals surface area (Å²) in [4.78, 5) is -0.791. The normalized spacial score (nSPS) is 11.7. The molecule has 0 unspecified atom stereocenters. The van der Waals surface area contributed by atoms with E-state index in [0.717, 1.165) is 12.1 Å². The molecule has 0 fully saturated rings. The van der Waals surface area contributed by atoms with Gasteiger partial charge in [0.15, 0.2) is 11.5 Å². The second-order valence-corrected chi connectivity index (χ2v) is 8.03. The zero-order valence-electron chi connectivity index (χ0n) is 15.7. The van der Waals surface area contributed by atoms with Gasteiger partial charge in [0, 0.05) is 18.2 Å². The molecule has 0 atom stereocenters. The van der Waals surface area contributed by atoms with Gasteiger partial charge in [-0.2, -0.15) is 4.52 Å². The molecule has 4 aromatic rings. The van der Waals surface area contributed by atoms with Crippen LogP contribution in [0.3, 0.4) is 0 Å². The molecule has 0 saturated carbocycles. The third kappa shape index (κ3) is 4.49. The highest BCUT2D eigenvalue weighted by Gasteiger charge is 2.19. The predicted molar refractivity (Wildman–Crippen MR) is 103 cm³/mol. The van der Waals surface area contributed by atoms with Gasteiger partial charge in [0.25, 0.3) is 0 Å². The molecule has 0 spiro atoms. The van der Waals surface area contributed by atoms with Crippen LogP contribution in [0.25, 0.3) is 17.0 Å². The largest absolute Gasteiger partial charge is 0.475 e.